The number of nitrogens with one attached hydrogen (secondary N) is 2. The van der Waals surface area contributed by atoms with Gasteiger partial charge in [-0.25, -0.2) is 9.97 Å². The SMILES string of the molecule is c1nc2c(c(NCC3CCCCN3)n1)CCCC2. The first kappa shape index (κ1) is 11.9. The van der Waals surface area contributed by atoms with Gasteiger partial charge >= 0.3 is 0 Å². The van der Waals surface area contributed by atoms with E-state index in [2.05, 4.69) is 20.6 Å². The smallest absolute Gasteiger partial charge is 0.132 e. The van der Waals surface area contributed by atoms with Crippen LogP contribution >= 0.6 is 0 Å². The van der Waals surface area contributed by atoms with Gasteiger partial charge in [0.05, 0.1) is 0 Å². The molecule has 1 unspecified atom stereocenters. The summed E-state index contributed by atoms with van der Waals surface area (Å²) >= 11 is 0. The molecule has 1 aromatic heterocycles. The van der Waals surface area contributed by atoms with Crippen molar-refractivity contribution in [3.8, 4) is 0 Å². The largest absolute Gasteiger partial charge is 0.368 e. The average molecular weight is 246 g/mol. The summed E-state index contributed by atoms with van der Waals surface area (Å²) < 4.78 is 0. The van der Waals surface area contributed by atoms with Crippen LogP contribution in [-0.4, -0.2) is 29.1 Å². The zero-order valence-electron chi connectivity index (χ0n) is 10.9. The lowest BCUT2D eigenvalue weighted by Crippen LogP contribution is -2.39. The Hall–Kier alpha value is -1.16. The van der Waals surface area contributed by atoms with Gasteiger partial charge in [-0.15, -0.1) is 0 Å². The lowest BCUT2D eigenvalue weighted by molar-refractivity contribution is 0.414. The average Bonchev–Trinajstić information content (AvgIpc) is 2.46. The summed E-state index contributed by atoms with van der Waals surface area (Å²) in [6, 6.07) is 0.605. The van der Waals surface area contributed by atoms with E-state index in [0.29, 0.717) is 6.04 Å². The maximum atomic E-state index is 4.43. The van der Waals surface area contributed by atoms with E-state index in [4.69, 9.17) is 0 Å². The highest BCUT2D eigenvalue weighted by molar-refractivity contribution is 5.47. The van der Waals surface area contributed by atoms with Crippen molar-refractivity contribution in [1.82, 2.24) is 15.3 Å². The highest BCUT2D eigenvalue weighted by atomic mass is 15.1. The molecule has 0 bridgehead atoms. The van der Waals surface area contributed by atoms with Crippen molar-refractivity contribution in [1.29, 1.82) is 0 Å². The van der Waals surface area contributed by atoms with Gasteiger partial charge in [-0.05, 0) is 45.1 Å². The predicted octanol–water partition coefficient (Wildman–Crippen LogP) is 1.91. The Kier molecular flexibility index (Phi) is 3.74. The molecule has 0 spiro atoms. The van der Waals surface area contributed by atoms with E-state index in [0.717, 1.165) is 31.7 Å². The molecule has 1 aromatic rings. The van der Waals surface area contributed by atoms with Gasteiger partial charge in [-0.3, -0.25) is 0 Å². The van der Waals surface area contributed by atoms with Crippen LogP contribution in [0.1, 0.15) is 43.4 Å². The number of nitrogens with zero attached hydrogens (tertiary/aromatic N) is 2. The summed E-state index contributed by atoms with van der Waals surface area (Å²) in [5.74, 6) is 1.08. The lowest BCUT2D eigenvalue weighted by Gasteiger charge is -2.25. The molecular formula is C14H22N4. The van der Waals surface area contributed by atoms with Crippen LogP contribution in [0.15, 0.2) is 6.33 Å². The van der Waals surface area contributed by atoms with Crippen LogP contribution in [0.25, 0.3) is 0 Å². The quantitative estimate of drug-likeness (QED) is 0.855. The van der Waals surface area contributed by atoms with Crippen molar-refractivity contribution < 1.29 is 0 Å². The highest BCUT2D eigenvalue weighted by Crippen LogP contribution is 2.24. The molecule has 1 aliphatic heterocycles. The third-order valence-corrected chi connectivity index (χ3v) is 4.05. The minimum atomic E-state index is 0.605. The Balaban J connectivity index is 1.65. The monoisotopic (exact) mass is 246 g/mol. The molecule has 4 heteroatoms. The number of aromatic nitrogens is 2. The fourth-order valence-corrected chi connectivity index (χ4v) is 2.99. The molecular weight excluding hydrogens is 224 g/mol. The predicted molar refractivity (Wildman–Crippen MR) is 72.8 cm³/mol. The number of hydrogen-bond acceptors (Lipinski definition) is 4. The van der Waals surface area contributed by atoms with Gasteiger partial charge in [0.15, 0.2) is 0 Å². The Morgan fingerprint density at radius 1 is 1.17 bits per heavy atom. The summed E-state index contributed by atoms with van der Waals surface area (Å²) in [6.07, 6.45) is 10.5. The van der Waals surface area contributed by atoms with Crippen LogP contribution in [0.2, 0.25) is 0 Å². The number of anilines is 1. The summed E-state index contributed by atoms with van der Waals surface area (Å²) in [6.45, 7) is 2.15. The third-order valence-electron chi connectivity index (χ3n) is 4.05. The van der Waals surface area contributed by atoms with Crippen LogP contribution in [0.5, 0.6) is 0 Å². The van der Waals surface area contributed by atoms with E-state index in [1.54, 1.807) is 6.33 Å². The molecule has 1 atom stereocenters. The number of rotatable bonds is 3. The Bertz CT molecular complexity index is 399. The normalized spacial score (nSPS) is 23.4. The molecule has 98 valence electrons. The van der Waals surface area contributed by atoms with E-state index in [-0.39, 0.29) is 0 Å². The molecule has 4 nitrogen and oxygen atoms in total. The van der Waals surface area contributed by atoms with Crippen LogP contribution in [0.4, 0.5) is 5.82 Å². The van der Waals surface area contributed by atoms with Crippen molar-refractivity contribution in [2.75, 3.05) is 18.4 Å². The number of piperidine rings is 1. The maximum Gasteiger partial charge on any atom is 0.132 e. The van der Waals surface area contributed by atoms with Gasteiger partial charge in [0.2, 0.25) is 0 Å². The molecule has 2 N–H and O–H groups in total. The van der Waals surface area contributed by atoms with E-state index < -0.39 is 0 Å². The van der Waals surface area contributed by atoms with Crippen LogP contribution in [0, 0.1) is 0 Å². The topological polar surface area (TPSA) is 49.8 Å². The van der Waals surface area contributed by atoms with E-state index in [1.165, 1.54) is 43.4 Å². The van der Waals surface area contributed by atoms with Crippen LogP contribution in [-0.2, 0) is 12.8 Å². The standard InChI is InChI=1S/C14H22N4/c1-2-7-13-12(6-1)14(18-10-17-13)16-9-11-5-3-4-8-15-11/h10-11,15H,1-9H2,(H,16,17,18). The van der Waals surface area contributed by atoms with Crippen molar-refractivity contribution in [2.24, 2.45) is 0 Å². The third kappa shape index (κ3) is 2.64. The zero-order chi connectivity index (χ0) is 12.2. The summed E-state index contributed by atoms with van der Waals surface area (Å²) in [5, 5.41) is 7.09. The highest BCUT2D eigenvalue weighted by Gasteiger charge is 2.17. The molecule has 0 radical (unpaired) electrons. The van der Waals surface area contributed by atoms with Crippen LogP contribution in [0.3, 0.4) is 0 Å². The molecule has 18 heavy (non-hydrogen) atoms. The molecule has 1 saturated heterocycles. The van der Waals surface area contributed by atoms with E-state index in [9.17, 15) is 0 Å². The Morgan fingerprint density at radius 3 is 3.00 bits per heavy atom. The molecule has 2 aliphatic rings. The zero-order valence-corrected chi connectivity index (χ0v) is 10.9. The first-order chi connectivity index (χ1) is 8.93. The molecule has 0 saturated carbocycles. The molecule has 2 heterocycles. The van der Waals surface area contributed by atoms with Crippen molar-refractivity contribution in [2.45, 2.75) is 51.0 Å². The maximum absolute atomic E-state index is 4.43. The molecule has 0 aromatic carbocycles. The summed E-state index contributed by atoms with van der Waals surface area (Å²) in [4.78, 5) is 8.83. The Morgan fingerprint density at radius 2 is 2.11 bits per heavy atom. The van der Waals surface area contributed by atoms with Gasteiger partial charge < -0.3 is 10.6 Å². The molecule has 1 fully saturated rings. The summed E-state index contributed by atoms with van der Waals surface area (Å²) in [5.41, 5.74) is 2.62. The van der Waals surface area contributed by atoms with Crippen molar-refractivity contribution in [3.05, 3.63) is 17.6 Å². The second kappa shape index (κ2) is 5.65. The van der Waals surface area contributed by atoms with Crippen molar-refractivity contribution in [3.63, 3.8) is 0 Å². The molecule has 3 rings (SSSR count). The fourth-order valence-electron chi connectivity index (χ4n) is 2.99. The molecule has 1 aliphatic carbocycles. The first-order valence-electron chi connectivity index (χ1n) is 7.23. The minimum absolute atomic E-state index is 0.605. The minimum Gasteiger partial charge on any atom is -0.368 e. The van der Waals surface area contributed by atoms with Gasteiger partial charge in [0.25, 0.3) is 0 Å². The molecule has 0 amide bonds. The second-order valence-electron chi connectivity index (χ2n) is 5.38. The van der Waals surface area contributed by atoms with Gasteiger partial charge in [-0.2, -0.15) is 0 Å². The number of fused-ring (bicyclic) bond motifs is 1. The van der Waals surface area contributed by atoms with Crippen LogP contribution < -0.4 is 10.6 Å². The van der Waals surface area contributed by atoms with Gasteiger partial charge in [0.1, 0.15) is 12.1 Å². The van der Waals surface area contributed by atoms with Crippen molar-refractivity contribution >= 4 is 5.82 Å². The Labute approximate surface area is 109 Å². The van der Waals surface area contributed by atoms with Gasteiger partial charge in [0, 0.05) is 23.8 Å². The second-order valence-corrected chi connectivity index (χ2v) is 5.38. The first-order valence-corrected chi connectivity index (χ1v) is 7.23. The van der Waals surface area contributed by atoms with Gasteiger partial charge in [-0.1, -0.05) is 6.42 Å². The fraction of sp³-hybridized carbons (Fsp3) is 0.714. The number of hydrogen-bond donors (Lipinski definition) is 2. The number of aryl methyl sites for hydroxylation is 1. The summed E-state index contributed by atoms with van der Waals surface area (Å²) in [7, 11) is 0. The van der Waals surface area contributed by atoms with E-state index in [1.807, 2.05) is 0 Å². The lowest BCUT2D eigenvalue weighted by atomic mass is 9.96. The van der Waals surface area contributed by atoms with E-state index >= 15 is 0 Å².